The summed E-state index contributed by atoms with van der Waals surface area (Å²) in [6.45, 7) is 1.85. The highest BCUT2D eigenvalue weighted by molar-refractivity contribution is 9.10. The van der Waals surface area contributed by atoms with E-state index in [9.17, 15) is 4.79 Å². The van der Waals surface area contributed by atoms with E-state index in [0.29, 0.717) is 20.9 Å². The van der Waals surface area contributed by atoms with Crippen LogP contribution in [0, 0.1) is 6.92 Å². The topological polar surface area (TPSA) is 42.0 Å². The van der Waals surface area contributed by atoms with Gasteiger partial charge in [0.1, 0.15) is 5.82 Å². The number of nitrogens with zero attached hydrogens (tertiary/aromatic N) is 1. The molecule has 3 nitrogen and oxygen atoms in total. The predicted octanol–water partition coefficient (Wildman–Crippen LogP) is 4.82. The van der Waals surface area contributed by atoms with E-state index < -0.39 is 0 Å². The van der Waals surface area contributed by atoms with Crippen LogP contribution in [0.5, 0.6) is 0 Å². The third-order valence-electron chi connectivity index (χ3n) is 2.46. The van der Waals surface area contributed by atoms with Gasteiger partial charge in [0.15, 0.2) is 0 Å². The normalized spacial score (nSPS) is 10.3. The summed E-state index contributed by atoms with van der Waals surface area (Å²) >= 11 is 12.7. The van der Waals surface area contributed by atoms with E-state index in [2.05, 4.69) is 42.2 Å². The largest absolute Gasteiger partial charge is 0.307 e. The van der Waals surface area contributed by atoms with Crippen LogP contribution in [0.25, 0.3) is 0 Å². The molecule has 2 aromatic rings. The fourth-order valence-corrected chi connectivity index (χ4v) is 2.28. The smallest absolute Gasteiger partial charge is 0.258 e. The van der Waals surface area contributed by atoms with Gasteiger partial charge in [0, 0.05) is 8.95 Å². The molecule has 1 aromatic heterocycles. The van der Waals surface area contributed by atoms with Gasteiger partial charge in [-0.1, -0.05) is 17.7 Å². The minimum absolute atomic E-state index is 0.291. The molecule has 0 fully saturated rings. The van der Waals surface area contributed by atoms with Crippen LogP contribution >= 0.6 is 43.5 Å². The predicted molar refractivity (Wildman–Crippen MR) is 83.8 cm³/mol. The van der Waals surface area contributed by atoms with Crippen molar-refractivity contribution < 1.29 is 4.79 Å². The lowest BCUT2D eigenvalue weighted by Gasteiger charge is -2.08. The summed E-state index contributed by atoms with van der Waals surface area (Å²) < 4.78 is 1.58. The first-order valence-electron chi connectivity index (χ1n) is 5.37. The van der Waals surface area contributed by atoms with Crippen LogP contribution in [0.3, 0.4) is 0 Å². The number of aromatic nitrogens is 1. The molecule has 0 bridgehead atoms. The zero-order valence-electron chi connectivity index (χ0n) is 9.88. The minimum Gasteiger partial charge on any atom is -0.307 e. The first kappa shape index (κ1) is 14.5. The molecule has 0 unspecified atom stereocenters. The molecule has 0 spiro atoms. The molecule has 0 radical (unpaired) electrons. The van der Waals surface area contributed by atoms with Crippen molar-refractivity contribution in [1.82, 2.24) is 4.98 Å². The van der Waals surface area contributed by atoms with E-state index in [1.807, 2.05) is 13.0 Å². The van der Waals surface area contributed by atoms with Crippen LogP contribution in [0.2, 0.25) is 5.02 Å². The van der Waals surface area contributed by atoms with Crippen LogP contribution < -0.4 is 5.32 Å². The quantitative estimate of drug-likeness (QED) is 0.780. The third kappa shape index (κ3) is 3.35. The first-order valence-corrected chi connectivity index (χ1v) is 7.34. The number of aryl methyl sites for hydroxylation is 1. The maximum absolute atomic E-state index is 12.1. The molecule has 1 N–H and O–H groups in total. The van der Waals surface area contributed by atoms with Crippen molar-refractivity contribution in [3.05, 3.63) is 55.6 Å². The molecule has 0 aliphatic rings. The molecule has 98 valence electrons. The maximum atomic E-state index is 12.1. The molecule has 19 heavy (non-hydrogen) atoms. The first-order chi connectivity index (χ1) is 8.99. The number of nitrogens with one attached hydrogen (secondary N) is 1. The average Bonchev–Trinajstić information content (AvgIpc) is 2.37. The minimum atomic E-state index is -0.291. The molecular formula is C13H9Br2ClN2O. The lowest BCUT2D eigenvalue weighted by Crippen LogP contribution is -2.13. The zero-order valence-corrected chi connectivity index (χ0v) is 13.8. The van der Waals surface area contributed by atoms with E-state index in [-0.39, 0.29) is 5.91 Å². The summed E-state index contributed by atoms with van der Waals surface area (Å²) in [5, 5.41) is 3.10. The van der Waals surface area contributed by atoms with Gasteiger partial charge >= 0.3 is 0 Å². The molecule has 1 aromatic carbocycles. The van der Waals surface area contributed by atoms with E-state index >= 15 is 0 Å². The Morgan fingerprint density at radius 2 is 1.95 bits per heavy atom. The fraction of sp³-hybridized carbons (Fsp3) is 0.0769. The molecular weight excluding hydrogens is 395 g/mol. The van der Waals surface area contributed by atoms with Crippen molar-refractivity contribution in [3.63, 3.8) is 0 Å². The lowest BCUT2D eigenvalue weighted by atomic mass is 10.2. The van der Waals surface area contributed by atoms with Crippen molar-refractivity contribution in [1.29, 1.82) is 0 Å². The maximum Gasteiger partial charge on any atom is 0.258 e. The molecule has 2 rings (SSSR count). The van der Waals surface area contributed by atoms with E-state index in [4.69, 9.17) is 11.6 Å². The average molecular weight is 404 g/mol. The number of carbonyl (C=O) groups excluding carboxylic acids is 1. The van der Waals surface area contributed by atoms with Crippen LogP contribution in [0.4, 0.5) is 5.82 Å². The SMILES string of the molecule is Cc1nc(NC(=O)c2cccc(Br)c2Cl)ccc1Br. The molecule has 1 amide bonds. The van der Waals surface area contributed by atoms with Gasteiger partial charge in [-0.05, 0) is 63.0 Å². The highest BCUT2D eigenvalue weighted by Crippen LogP contribution is 2.26. The Kier molecular flexibility index (Phi) is 4.60. The van der Waals surface area contributed by atoms with Gasteiger partial charge in [-0.25, -0.2) is 4.98 Å². The number of amides is 1. The fourth-order valence-electron chi connectivity index (χ4n) is 1.48. The number of carbonyl (C=O) groups is 1. The summed E-state index contributed by atoms with van der Waals surface area (Å²) in [6.07, 6.45) is 0. The van der Waals surface area contributed by atoms with Gasteiger partial charge in [-0.2, -0.15) is 0 Å². The van der Waals surface area contributed by atoms with Crippen LogP contribution in [0.1, 0.15) is 16.1 Å². The second-order valence-electron chi connectivity index (χ2n) is 3.82. The Morgan fingerprint density at radius 3 is 2.63 bits per heavy atom. The number of rotatable bonds is 2. The van der Waals surface area contributed by atoms with E-state index in [1.165, 1.54) is 0 Å². The van der Waals surface area contributed by atoms with Crippen molar-refractivity contribution in [2.24, 2.45) is 0 Å². The summed E-state index contributed by atoms with van der Waals surface area (Å²) in [5.41, 5.74) is 1.21. The number of benzene rings is 1. The molecule has 0 aliphatic carbocycles. The highest BCUT2D eigenvalue weighted by Gasteiger charge is 2.13. The van der Waals surface area contributed by atoms with Gasteiger partial charge in [-0.15, -0.1) is 0 Å². The lowest BCUT2D eigenvalue weighted by molar-refractivity contribution is 0.102. The summed E-state index contributed by atoms with van der Waals surface area (Å²) in [4.78, 5) is 16.4. The summed E-state index contributed by atoms with van der Waals surface area (Å²) in [5.74, 6) is 0.197. The second-order valence-corrected chi connectivity index (χ2v) is 5.91. The number of hydrogen-bond acceptors (Lipinski definition) is 2. The van der Waals surface area contributed by atoms with Crippen molar-refractivity contribution in [3.8, 4) is 0 Å². The van der Waals surface area contributed by atoms with Gasteiger partial charge in [-0.3, -0.25) is 4.79 Å². The Balaban J connectivity index is 2.26. The number of halogens is 3. The van der Waals surface area contributed by atoms with E-state index in [1.54, 1.807) is 24.3 Å². The second kappa shape index (κ2) is 6.03. The van der Waals surface area contributed by atoms with Gasteiger partial charge in [0.25, 0.3) is 5.91 Å². The Hall–Kier alpha value is -0.910. The Labute approximate surface area is 132 Å². The van der Waals surface area contributed by atoms with Crippen molar-refractivity contribution >= 4 is 55.2 Å². The molecule has 0 atom stereocenters. The van der Waals surface area contributed by atoms with Gasteiger partial charge < -0.3 is 5.32 Å². The Bertz CT molecular complexity index is 647. The molecule has 6 heteroatoms. The van der Waals surface area contributed by atoms with Crippen molar-refractivity contribution in [2.45, 2.75) is 6.92 Å². The zero-order chi connectivity index (χ0) is 14.0. The molecule has 1 heterocycles. The summed E-state index contributed by atoms with van der Waals surface area (Å²) in [6, 6.07) is 8.75. The van der Waals surface area contributed by atoms with Gasteiger partial charge in [0.05, 0.1) is 16.3 Å². The van der Waals surface area contributed by atoms with Crippen LogP contribution in [-0.4, -0.2) is 10.9 Å². The third-order valence-corrected chi connectivity index (χ3v) is 4.59. The molecule has 0 saturated heterocycles. The number of anilines is 1. The number of pyridine rings is 1. The Morgan fingerprint density at radius 1 is 1.21 bits per heavy atom. The van der Waals surface area contributed by atoms with E-state index in [0.717, 1.165) is 10.2 Å². The van der Waals surface area contributed by atoms with Crippen LogP contribution in [-0.2, 0) is 0 Å². The van der Waals surface area contributed by atoms with Gasteiger partial charge in [0.2, 0.25) is 0 Å². The monoisotopic (exact) mass is 402 g/mol. The summed E-state index contributed by atoms with van der Waals surface area (Å²) in [7, 11) is 0. The molecule has 0 aliphatic heterocycles. The van der Waals surface area contributed by atoms with Crippen molar-refractivity contribution in [2.75, 3.05) is 5.32 Å². The number of hydrogen-bond donors (Lipinski definition) is 1. The molecule has 0 saturated carbocycles. The highest BCUT2D eigenvalue weighted by atomic mass is 79.9. The standard InChI is InChI=1S/C13H9Br2ClN2O/c1-7-9(14)5-6-11(17-7)18-13(19)8-3-2-4-10(15)12(8)16/h2-6H,1H3,(H,17,18,19). The van der Waals surface area contributed by atoms with Crippen LogP contribution in [0.15, 0.2) is 39.3 Å².